The summed E-state index contributed by atoms with van der Waals surface area (Å²) in [5, 5.41) is 0. The second kappa shape index (κ2) is 3.14. The lowest BCUT2D eigenvalue weighted by Crippen LogP contribution is -2.33. The number of hydrogen-bond donors (Lipinski definition) is 1. The van der Waals surface area contributed by atoms with E-state index >= 15 is 0 Å². The van der Waals surface area contributed by atoms with E-state index in [1.165, 1.54) is 25.7 Å². The molecule has 0 saturated heterocycles. The van der Waals surface area contributed by atoms with E-state index < -0.39 is 0 Å². The lowest BCUT2D eigenvalue weighted by Gasteiger charge is -2.36. The maximum Gasteiger partial charge on any atom is 0.00416 e. The maximum atomic E-state index is 5.92. The molecule has 0 heterocycles. The van der Waals surface area contributed by atoms with Gasteiger partial charge in [0.15, 0.2) is 0 Å². The summed E-state index contributed by atoms with van der Waals surface area (Å²) in [7, 11) is 0. The minimum atomic E-state index is 0.470. The molecule has 11 heavy (non-hydrogen) atoms. The van der Waals surface area contributed by atoms with Crippen molar-refractivity contribution in [3.63, 3.8) is 0 Å². The average Bonchev–Trinajstić information content (AvgIpc) is 1.86. The molecular weight excluding hydrogens is 134 g/mol. The van der Waals surface area contributed by atoms with E-state index in [1.807, 2.05) is 0 Å². The van der Waals surface area contributed by atoms with Crippen molar-refractivity contribution in [1.82, 2.24) is 0 Å². The average molecular weight is 155 g/mol. The smallest absolute Gasteiger partial charge is 0.00416 e. The summed E-state index contributed by atoms with van der Waals surface area (Å²) in [6.07, 6.45) is 5.20. The van der Waals surface area contributed by atoms with Crippen LogP contribution in [0.25, 0.3) is 0 Å². The third-order valence-corrected chi connectivity index (χ3v) is 2.94. The van der Waals surface area contributed by atoms with Crippen LogP contribution in [-0.2, 0) is 0 Å². The maximum absolute atomic E-state index is 5.92. The summed E-state index contributed by atoms with van der Waals surface area (Å²) in [6, 6.07) is 0.480. The fraction of sp³-hybridized carbons (Fsp3) is 1.00. The van der Waals surface area contributed by atoms with Gasteiger partial charge >= 0.3 is 0 Å². The van der Waals surface area contributed by atoms with Gasteiger partial charge in [0.25, 0.3) is 0 Å². The van der Waals surface area contributed by atoms with Gasteiger partial charge in [0.2, 0.25) is 0 Å². The van der Waals surface area contributed by atoms with Crippen LogP contribution in [0.3, 0.4) is 0 Å². The lowest BCUT2D eigenvalue weighted by atomic mass is 9.71. The Hall–Kier alpha value is -0.0400. The molecule has 1 rings (SSSR count). The van der Waals surface area contributed by atoms with E-state index in [9.17, 15) is 0 Å². The van der Waals surface area contributed by atoms with E-state index in [4.69, 9.17) is 5.73 Å². The molecular formula is C10H21N. The molecule has 1 aliphatic carbocycles. The van der Waals surface area contributed by atoms with E-state index in [1.54, 1.807) is 0 Å². The molecule has 66 valence electrons. The topological polar surface area (TPSA) is 26.0 Å². The van der Waals surface area contributed by atoms with Crippen molar-refractivity contribution >= 4 is 0 Å². The largest absolute Gasteiger partial charge is 0.328 e. The molecule has 0 bridgehead atoms. The summed E-state index contributed by atoms with van der Waals surface area (Å²) < 4.78 is 0. The normalized spacial score (nSPS) is 33.8. The van der Waals surface area contributed by atoms with Crippen LogP contribution in [0.2, 0.25) is 0 Å². The summed E-state index contributed by atoms with van der Waals surface area (Å²) in [5.41, 5.74) is 6.39. The molecule has 0 aromatic rings. The predicted octanol–water partition coefficient (Wildman–Crippen LogP) is 2.55. The first kappa shape index (κ1) is 9.05. The third kappa shape index (κ3) is 2.48. The van der Waals surface area contributed by atoms with Gasteiger partial charge in [-0.15, -0.1) is 0 Å². The van der Waals surface area contributed by atoms with Crippen molar-refractivity contribution < 1.29 is 0 Å². The lowest BCUT2D eigenvalue weighted by molar-refractivity contribution is 0.166. The first-order valence-corrected chi connectivity index (χ1v) is 4.76. The molecule has 2 atom stereocenters. The molecule has 1 fully saturated rings. The second-order valence-corrected chi connectivity index (χ2v) is 4.99. The van der Waals surface area contributed by atoms with Crippen molar-refractivity contribution in [2.45, 2.75) is 52.5 Å². The monoisotopic (exact) mass is 155 g/mol. The summed E-state index contributed by atoms with van der Waals surface area (Å²) in [5.74, 6) is 0.853. The van der Waals surface area contributed by atoms with E-state index in [0.717, 1.165) is 5.92 Å². The van der Waals surface area contributed by atoms with Crippen LogP contribution in [0.4, 0.5) is 0 Å². The van der Waals surface area contributed by atoms with E-state index in [0.29, 0.717) is 11.5 Å². The molecule has 1 unspecified atom stereocenters. The molecule has 1 nitrogen and oxygen atoms in total. The SMILES string of the molecule is CC(C)(C)C1CCC[C@H](N)C1. The summed E-state index contributed by atoms with van der Waals surface area (Å²) in [6.45, 7) is 6.99. The van der Waals surface area contributed by atoms with Crippen LogP contribution < -0.4 is 5.73 Å². The minimum Gasteiger partial charge on any atom is -0.328 e. The van der Waals surface area contributed by atoms with Gasteiger partial charge in [0.1, 0.15) is 0 Å². The zero-order valence-electron chi connectivity index (χ0n) is 8.06. The van der Waals surface area contributed by atoms with Crippen molar-refractivity contribution in [3.05, 3.63) is 0 Å². The van der Waals surface area contributed by atoms with Crippen LogP contribution in [-0.4, -0.2) is 6.04 Å². The summed E-state index contributed by atoms with van der Waals surface area (Å²) >= 11 is 0. The minimum absolute atomic E-state index is 0.470. The molecule has 0 amide bonds. The highest BCUT2D eigenvalue weighted by Gasteiger charge is 2.28. The number of hydrogen-bond acceptors (Lipinski definition) is 1. The molecule has 0 spiro atoms. The Morgan fingerprint density at radius 3 is 2.18 bits per heavy atom. The molecule has 1 heteroatoms. The highest BCUT2D eigenvalue weighted by Crippen LogP contribution is 2.36. The highest BCUT2D eigenvalue weighted by molar-refractivity contribution is 4.82. The molecule has 1 saturated carbocycles. The first-order valence-electron chi connectivity index (χ1n) is 4.76. The Morgan fingerprint density at radius 1 is 1.18 bits per heavy atom. The number of rotatable bonds is 0. The molecule has 0 radical (unpaired) electrons. The molecule has 0 aliphatic heterocycles. The van der Waals surface area contributed by atoms with Crippen LogP contribution in [0.1, 0.15) is 46.5 Å². The van der Waals surface area contributed by atoms with E-state index in [2.05, 4.69) is 20.8 Å². The Morgan fingerprint density at radius 2 is 1.82 bits per heavy atom. The van der Waals surface area contributed by atoms with Crippen LogP contribution in [0.15, 0.2) is 0 Å². The highest BCUT2D eigenvalue weighted by atomic mass is 14.6. The van der Waals surface area contributed by atoms with Crippen LogP contribution >= 0.6 is 0 Å². The summed E-state index contributed by atoms with van der Waals surface area (Å²) in [4.78, 5) is 0. The molecule has 1 aliphatic rings. The predicted molar refractivity (Wildman–Crippen MR) is 49.4 cm³/mol. The van der Waals surface area contributed by atoms with Gasteiger partial charge in [0, 0.05) is 6.04 Å². The van der Waals surface area contributed by atoms with Crippen LogP contribution in [0.5, 0.6) is 0 Å². The fourth-order valence-corrected chi connectivity index (χ4v) is 2.01. The quantitative estimate of drug-likeness (QED) is 0.571. The Labute approximate surface area is 70.4 Å². The van der Waals surface area contributed by atoms with Gasteiger partial charge in [-0.2, -0.15) is 0 Å². The van der Waals surface area contributed by atoms with Crippen molar-refractivity contribution in [1.29, 1.82) is 0 Å². The van der Waals surface area contributed by atoms with Gasteiger partial charge in [-0.1, -0.05) is 27.2 Å². The van der Waals surface area contributed by atoms with Gasteiger partial charge in [-0.3, -0.25) is 0 Å². The van der Waals surface area contributed by atoms with Gasteiger partial charge in [0.05, 0.1) is 0 Å². The second-order valence-electron chi connectivity index (χ2n) is 4.99. The molecule has 0 aromatic heterocycles. The standard InChI is InChI=1S/C10H21N/c1-10(2,3)8-5-4-6-9(11)7-8/h8-9H,4-7,11H2,1-3H3/t8?,9-/m0/s1. The first-order chi connectivity index (χ1) is 5.00. The van der Waals surface area contributed by atoms with Crippen molar-refractivity contribution in [2.75, 3.05) is 0 Å². The van der Waals surface area contributed by atoms with Crippen LogP contribution in [0, 0.1) is 11.3 Å². The van der Waals surface area contributed by atoms with Gasteiger partial charge < -0.3 is 5.73 Å². The van der Waals surface area contributed by atoms with Gasteiger partial charge in [-0.05, 0) is 30.6 Å². The zero-order chi connectivity index (χ0) is 8.48. The zero-order valence-corrected chi connectivity index (χ0v) is 8.06. The van der Waals surface area contributed by atoms with Crippen molar-refractivity contribution in [2.24, 2.45) is 17.1 Å². The van der Waals surface area contributed by atoms with E-state index in [-0.39, 0.29) is 0 Å². The molecule has 2 N–H and O–H groups in total. The fourth-order valence-electron chi connectivity index (χ4n) is 2.01. The van der Waals surface area contributed by atoms with Gasteiger partial charge in [-0.25, -0.2) is 0 Å². The third-order valence-electron chi connectivity index (χ3n) is 2.94. The Bertz CT molecular complexity index is 123. The molecule has 0 aromatic carbocycles. The Kier molecular flexibility index (Phi) is 2.58. The van der Waals surface area contributed by atoms with Crippen molar-refractivity contribution in [3.8, 4) is 0 Å². The Balaban J connectivity index is 2.46. The number of nitrogens with two attached hydrogens (primary N) is 1.